The normalized spacial score (nSPS) is 16.2. The molecule has 10 nitrogen and oxygen atoms in total. The van der Waals surface area contributed by atoms with E-state index in [1.165, 1.54) is 11.1 Å². The second-order valence-electron chi connectivity index (χ2n) is 9.06. The van der Waals surface area contributed by atoms with E-state index in [0.717, 1.165) is 43.0 Å². The highest BCUT2D eigenvalue weighted by Crippen LogP contribution is 2.28. The molecule has 226 valence electrons. The van der Waals surface area contributed by atoms with Gasteiger partial charge in [0.1, 0.15) is 5.69 Å². The Kier molecular flexibility index (Phi) is 10.3. The van der Waals surface area contributed by atoms with Gasteiger partial charge in [-0.2, -0.15) is 26.3 Å². The topological polar surface area (TPSA) is 124 Å². The summed E-state index contributed by atoms with van der Waals surface area (Å²) >= 11 is 0. The van der Waals surface area contributed by atoms with Gasteiger partial charge in [-0.15, -0.1) is 5.10 Å². The van der Waals surface area contributed by atoms with Crippen LogP contribution in [0, 0.1) is 0 Å². The molecule has 0 radical (unpaired) electrons. The standard InChI is InChI=1S/C22H23N5O.2C2HF3O2/c1-25-10-11-26(13-17-9-12-28-16-17)15-21(25)22-20-8-7-19(14-27(20)24-23-22)18-5-3-2-4-6-18;2*3-2(4,5)1(6)7/h2-9,12,14,16,21H,10-11,13,15H2,1H3;2*(H,6,7). The number of hydrogen-bond donors (Lipinski definition) is 2. The number of benzene rings is 1. The molecular weight excluding hydrogens is 576 g/mol. The molecule has 5 rings (SSSR count). The smallest absolute Gasteiger partial charge is 0.475 e. The summed E-state index contributed by atoms with van der Waals surface area (Å²) in [6.45, 7) is 3.87. The second-order valence-corrected chi connectivity index (χ2v) is 9.06. The highest BCUT2D eigenvalue weighted by atomic mass is 19.4. The molecule has 4 heterocycles. The van der Waals surface area contributed by atoms with Crippen LogP contribution in [-0.4, -0.2) is 85.8 Å². The van der Waals surface area contributed by atoms with Gasteiger partial charge in [0.15, 0.2) is 0 Å². The number of aliphatic carboxylic acids is 2. The molecule has 0 bridgehead atoms. The fraction of sp³-hybridized carbons (Fsp3) is 0.308. The summed E-state index contributed by atoms with van der Waals surface area (Å²) in [5.41, 5.74) is 5.65. The van der Waals surface area contributed by atoms with Crippen LogP contribution in [0.2, 0.25) is 0 Å². The number of fused-ring (bicyclic) bond motifs is 1. The molecule has 0 aliphatic carbocycles. The Labute approximate surface area is 234 Å². The van der Waals surface area contributed by atoms with Crippen molar-refractivity contribution in [2.45, 2.75) is 24.9 Å². The number of nitrogens with zero attached hydrogens (tertiary/aromatic N) is 5. The first kappa shape index (κ1) is 32.1. The Morgan fingerprint density at radius 1 is 0.929 bits per heavy atom. The zero-order valence-corrected chi connectivity index (χ0v) is 21.9. The molecule has 1 unspecified atom stereocenters. The summed E-state index contributed by atoms with van der Waals surface area (Å²) in [5, 5.41) is 23.2. The second kappa shape index (κ2) is 13.5. The van der Waals surface area contributed by atoms with Crippen molar-refractivity contribution in [3.8, 4) is 11.1 Å². The number of carbonyl (C=O) groups is 2. The molecule has 1 aliphatic heterocycles. The fourth-order valence-electron chi connectivity index (χ4n) is 3.96. The SMILES string of the molecule is CN1CCN(Cc2ccoc2)CC1c1nnn2cc(-c3ccccc3)ccc12.O=C(O)C(F)(F)F.O=C(O)C(F)(F)F. The minimum absolute atomic E-state index is 0.223. The van der Waals surface area contributed by atoms with Crippen molar-refractivity contribution < 1.29 is 50.6 Å². The first-order valence-corrected chi connectivity index (χ1v) is 12.1. The van der Waals surface area contributed by atoms with Gasteiger partial charge in [0, 0.05) is 43.5 Å². The van der Waals surface area contributed by atoms with Crippen LogP contribution in [0.5, 0.6) is 0 Å². The van der Waals surface area contributed by atoms with E-state index in [2.05, 4.69) is 69.8 Å². The van der Waals surface area contributed by atoms with E-state index in [-0.39, 0.29) is 6.04 Å². The van der Waals surface area contributed by atoms with Crippen molar-refractivity contribution in [2.75, 3.05) is 26.7 Å². The van der Waals surface area contributed by atoms with Gasteiger partial charge < -0.3 is 14.6 Å². The molecule has 4 aromatic rings. The van der Waals surface area contributed by atoms with Crippen LogP contribution in [0.4, 0.5) is 26.3 Å². The number of alkyl halides is 6. The molecule has 2 N–H and O–H groups in total. The monoisotopic (exact) mass is 601 g/mol. The molecule has 42 heavy (non-hydrogen) atoms. The average molecular weight is 602 g/mol. The number of carboxylic acids is 2. The molecule has 1 fully saturated rings. The Balaban J connectivity index is 0.000000289. The quantitative estimate of drug-likeness (QED) is 0.319. The third kappa shape index (κ3) is 8.78. The Morgan fingerprint density at radius 2 is 1.55 bits per heavy atom. The highest BCUT2D eigenvalue weighted by molar-refractivity contribution is 5.73. The van der Waals surface area contributed by atoms with Gasteiger partial charge in [0.05, 0.1) is 24.1 Å². The molecule has 16 heteroatoms. The van der Waals surface area contributed by atoms with Crippen LogP contribution in [0.3, 0.4) is 0 Å². The number of hydrogen-bond acceptors (Lipinski definition) is 7. The van der Waals surface area contributed by atoms with Crippen molar-refractivity contribution in [3.05, 3.63) is 78.5 Å². The lowest BCUT2D eigenvalue weighted by Gasteiger charge is -2.38. The lowest BCUT2D eigenvalue weighted by Crippen LogP contribution is -2.46. The molecule has 0 spiro atoms. The number of carboxylic acid groups (broad SMARTS) is 2. The minimum atomic E-state index is -5.08. The molecule has 1 aromatic carbocycles. The number of furan rings is 1. The van der Waals surface area contributed by atoms with Crippen molar-refractivity contribution in [2.24, 2.45) is 0 Å². The summed E-state index contributed by atoms with van der Waals surface area (Å²) in [6.07, 6.45) is -4.54. The van der Waals surface area contributed by atoms with E-state index in [1.54, 1.807) is 6.26 Å². The van der Waals surface area contributed by atoms with Gasteiger partial charge in [0.2, 0.25) is 0 Å². The van der Waals surface area contributed by atoms with Crippen LogP contribution in [-0.2, 0) is 16.1 Å². The molecule has 0 amide bonds. The third-order valence-electron chi connectivity index (χ3n) is 6.07. The Hall–Kier alpha value is -4.44. The van der Waals surface area contributed by atoms with E-state index >= 15 is 0 Å². The summed E-state index contributed by atoms with van der Waals surface area (Å²) < 4.78 is 70.6. The third-order valence-corrected chi connectivity index (χ3v) is 6.07. The number of aromatic nitrogens is 3. The van der Waals surface area contributed by atoms with E-state index in [4.69, 9.17) is 24.2 Å². The lowest BCUT2D eigenvalue weighted by molar-refractivity contribution is -0.193. The number of piperazine rings is 1. The van der Waals surface area contributed by atoms with Crippen LogP contribution >= 0.6 is 0 Å². The van der Waals surface area contributed by atoms with Crippen molar-refractivity contribution >= 4 is 17.5 Å². The predicted molar refractivity (Wildman–Crippen MR) is 135 cm³/mol. The molecule has 1 saturated heterocycles. The Bertz CT molecular complexity index is 1430. The van der Waals surface area contributed by atoms with E-state index in [0.29, 0.717) is 0 Å². The maximum atomic E-state index is 10.6. The van der Waals surface area contributed by atoms with Crippen LogP contribution in [0.1, 0.15) is 17.3 Å². The number of likely N-dealkylation sites (N-methyl/N-ethyl adjacent to an activating group) is 1. The molecule has 1 atom stereocenters. The van der Waals surface area contributed by atoms with Crippen LogP contribution < -0.4 is 0 Å². The van der Waals surface area contributed by atoms with Gasteiger partial charge in [0.25, 0.3) is 0 Å². The summed E-state index contributed by atoms with van der Waals surface area (Å²) in [5.74, 6) is -5.51. The number of rotatable bonds is 4. The molecule has 3 aromatic heterocycles. The van der Waals surface area contributed by atoms with Gasteiger partial charge >= 0.3 is 24.3 Å². The van der Waals surface area contributed by atoms with E-state index in [1.807, 2.05) is 22.9 Å². The molecular formula is C26H25F6N5O5. The molecule has 1 aliphatic rings. The van der Waals surface area contributed by atoms with Crippen LogP contribution in [0.15, 0.2) is 71.7 Å². The summed E-state index contributed by atoms with van der Waals surface area (Å²) in [4.78, 5) is 22.6. The van der Waals surface area contributed by atoms with Crippen LogP contribution in [0.25, 0.3) is 16.6 Å². The fourth-order valence-corrected chi connectivity index (χ4v) is 3.96. The van der Waals surface area contributed by atoms with Crippen molar-refractivity contribution in [1.82, 2.24) is 24.6 Å². The minimum Gasteiger partial charge on any atom is -0.475 e. The predicted octanol–water partition coefficient (Wildman–Crippen LogP) is 4.74. The Morgan fingerprint density at radius 3 is 2.10 bits per heavy atom. The van der Waals surface area contributed by atoms with E-state index in [9.17, 15) is 26.3 Å². The molecule has 0 saturated carbocycles. The van der Waals surface area contributed by atoms with Gasteiger partial charge in [-0.1, -0.05) is 41.6 Å². The first-order valence-electron chi connectivity index (χ1n) is 12.1. The van der Waals surface area contributed by atoms with Crippen molar-refractivity contribution in [3.63, 3.8) is 0 Å². The lowest BCUT2D eigenvalue weighted by atomic mass is 10.1. The maximum absolute atomic E-state index is 10.6. The summed E-state index contributed by atoms with van der Waals surface area (Å²) in [7, 11) is 2.17. The zero-order chi connectivity index (χ0) is 31.1. The number of halogens is 6. The highest BCUT2D eigenvalue weighted by Gasteiger charge is 2.39. The van der Waals surface area contributed by atoms with Gasteiger partial charge in [-0.3, -0.25) is 9.80 Å². The largest absolute Gasteiger partial charge is 0.490 e. The van der Waals surface area contributed by atoms with E-state index < -0.39 is 24.3 Å². The van der Waals surface area contributed by atoms with Gasteiger partial charge in [-0.05, 0) is 24.7 Å². The number of pyridine rings is 1. The van der Waals surface area contributed by atoms with Crippen molar-refractivity contribution in [1.29, 1.82) is 0 Å². The van der Waals surface area contributed by atoms with Gasteiger partial charge in [-0.25, -0.2) is 14.1 Å². The first-order chi connectivity index (χ1) is 19.7. The summed E-state index contributed by atoms with van der Waals surface area (Å²) in [6, 6.07) is 16.9. The zero-order valence-electron chi connectivity index (χ0n) is 21.9. The average Bonchev–Trinajstić information content (AvgIpc) is 3.59. The maximum Gasteiger partial charge on any atom is 0.490 e.